The summed E-state index contributed by atoms with van der Waals surface area (Å²) in [7, 11) is -8.16. The summed E-state index contributed by atoms with van der Waals surface area (Å²) < 4.78 is 56.6. The molecule has 0 saturated heterocycles. The van der Waals surface area contributed by atoms with Gasteiger partial charge in [-0.25, -0.2) is 26.4 Å². The smallest absolute Gasteiger partial charge is 0.396 e. The van der Waals surface area contributed by atoms with Crippen molar-refractivity contribution in [2.45, 2.75) is 9.79 Å². The van der Waals surface area contributed by atoms with Crippen LogP contribution in [-0.2, 0) is 48.8 Å². The predicted octanol–water partition coefficient (Wildman–Crippen LogP) is 2.34. The molecule has 0 spiro atoms. The number of carbonyl (C=O) groups excluding carboxylic acids is 4. The maximum atomic E-state index is 13.0. The van der Waals surface area contributed by atoms with Crippen molar-refractivity contribution >= 4 is 113 Å². The standard InChI is InChI=1S/C33H32N8O12S4/c42-28(34-24-3-1-5-26(15-24)56(50,51)40-22-11-7-20(8-12-22)36-38-30(44)32(46)47)17-54-19-55-18-29(43)35-25-4-2-6-27(16-25)57(52,53)41-23-13-9-21(10-14-23)37-39-31(45)33(48)49/h1-16,36-37,40-41H,17-19H2,(H,34,42)(H,35,43)(H,38,44)(H,39,45)(H,46,47)(H,48,49). The van der Waals surface area contributed by atoms with Crippen LogP contribution in [0.25, 0.3) is 0 Å². The number of amides is 4. The van der Waals surface area contributed by atoms with Crippen molar-refractivity contribution in [3.8, 4) is 0 Å². The first-order valence-electron chi connectivity index (χ1n) is 15.8. The summed E-state index contributed by atoms with van der Waals surface area (Å²) in [6, 6.07) is 22.2. The number of carboxylic acid groups (broad SMARTS) is 2. The van der Waals surface area contributed by atoms with Gasteiger partial charge in [-0.2, -0.15) is 0 Å². The highest BCUT2D eigenvalue weighted by Crippen LogP contribution is 2.23. The number of anilines is 6. The maximum Gasteiger partial charge on any atom is 0.396 e. The molecular formula is C33H32N8O12S4. The third kappa shape index (κ3) is 13.9. The zero-order valence-electron chi connectivity index (χ0n) is 29.0. The van der Waals surface area contributed by atoms with Gasteiger partial charge >= 0.3 is 23.8 Å². The van der Waals surface area contributed by atoms with Crippen LogP contribution < -0.4 is 41.8 Å². The molecule has 0 radical (unpaired) electrons. The number of hydrazine groups is 2. The molecular weight excluding hydrogens is 829 g/mol. The normalized spacial score (nSPS) is 10.9. The number of thioether (sulfide) groups is 2. The fourth-order valence-corrected chi connectivity index (χ4v) is 8.10. The van der Waals surface area contributed by atoms with Gasteiger partial charge in [-0.3, -0.25) is 50.3 Å². The van der Waals surface area contributed by atoms with Gasteiger partial charge in [0.15, 0.2) is 0 Å². The number of nitrogens with one attached hydrogen (secondary N) is 8. The van der Waals surface area contributed by atoms with Gasteiger partial charge in [0.1, 0.15) is 0 Å². The SMILES string of the molecule is O=C(CSCSCC(=O)Nc1cccc(S(=O)(=O)Nc2ccc(NNC(=O)C(=O)O)cc2)c1)Nc1cccc(S(=O)(=O)Nc2ccc(NNC(=O)C(=O)O)cc2)c1. The van der Waals surface area contributed by atoms with Gasteiger partial charge in [0.25, 0.3) is 20.0 Å². The number of rotatable bonds is 18. The Hall–Kier alpha value is -6.50. The van der Waals surface area contributed by atoms with Crippen molar-refractivity contribution in [3.63, 3.8) is 0 Å². The molecule has 0 saturated carbocycles. The Labute approximate surface area is 333 Å². The Balaban J connectivity index is 1.18. The lowest BCUT2D eigenvalue weighted by molar-refractivity contribution is -0.150. The summed E-state index contributed by atoms with van der Waals surface area (Å²) in [5.74, 6) is -6.80. The largest absolute Gasteiger partial charge is 0.474 e. The summed E-state index contributed by atoms with van der Waals surface area (Å²) in [5, 5.41) is 22.8. The number of benzene rings is 4. The molecule has 300 valence electrons. The first kappa shape index (κ1) is 43.2. The average Bonchev–Trinajstić information content (AvgIpc) is 3.16. The van der Waals surface area contributed by atoms with E-state index in [4.69, 9.17) is 10.2 Å². The molecule has 0 aliphatic carbocycles. The van der Waals surface area contributed by atoms with Crippen LogP contribution in [-0.4, -0.2) is 79.2 Å². The molecule has 0 aromatic heterocycles. The molecule has 10 N–H and O–H groups in total. The van der Waals surface area contributed by atoms with Crippen molar-refractivity contribution in [2.24, 2.45) is 0 Å². The molecule has 57 heavy (non-hydrogen) atoms. The van der Waals surface area contributed by atoms with Gasteiger partial charge in [0.05, 0.1) is 32.7 Å². The third-order valence-electron chi connectivity index (χ3n) is 6.79. The number of carbonyl (C=O) groups is 6. The molecule has 0 fully saturated rings. The van der Waals surface area contributed by atoms with E-state index < -0.39 is 55.6 Å². The lowest BCUT2D eigenvalue weighted by atomic mass is 10.3. The van der Waals surface area contributed by atoms with Crippen LogP contribution >= 0.6 is 23.5 Å². The van der Waals surface area contributed by atoms with E-state index in [9.17, 15) is 45.6 Å². The zero-order chi connectivity index (χ0) is 41.6. The quantitative estimate of drug-likeness (QED) is 0.0297. The maximum absolute atomic E-state index is 13.0. The van der Waals surface area contributed by atoms with Crippen molar-refractivity contribution in [3.05, 3.63) is 97.1 Å². The molecule has 4 amide bonds. The average molecular weight is 861 g/mol. The Bertz CT molecular complexity index is 2200. The van der Waals surface area contributed by atoms with Gasteiger partial charge < -0.3 is 20.8 Å². The second-order valence-corrected chi connectivity index (χ2v) is 16.8. The third-order valence-corrected chi connectivity index (χ3v) is 11.8. The van der Waals surface area contributed by atoms with E-state index in [-0.39, 0.29) is 55.4 Å². The molecule has 0 aliphatic rings. The number of sulfonamides is 2. The lowest BCUT2D eigenvalue weighted by Gasteiger charge is -2.12. The van der Waals surface area contributed by atoms with Crippen LogP contribution in [0.15, 0.2) is 107 Å². The Morgan fingerprint density at radius 2 is 0.842 bits per heavy atom. The first-order chi connectivity index (χ1) is 27.0. The lowest BCUT2D eigenvalue weighted by Crippen LogP contribution is -2.35. The topological polar surface area (TPSA) is 307 Å². The number of carboxylic acids is 2. The fourth-order valence-electron chi connectivity index (χ4n) is 4.24. The Morgan fingerprint density at radius 3 is 1.19 bits per heavy atom. The van der Waals surface area contributed by atoms with Crippen molar-refractivity contribution < 1.29 is 55.8 Å². The second-order valence-electron chi connectivity index (χ2n) is 11.1. The van der Waals surface area contributed by atoms with Crippen molar-refractivity contribution in [2.75, 3.05) is 47.5 Å². The molecule has 4 rings (SSSR count). The molecule has 0 heterocycles. The highest BCUT2D eigenvalue weighted by atomic mass is 32.2. The highest BCUT2D eigenvalue weighted by Gasteiger charge is 2.18. The summed E-state index contributed by atoms with van der Waals surface area (Å²) in [5.41, 5.74) is 10.0. The minimum Gasteiger partial charge on any atom is -0.474 e. The molecule has 0 unspecified atom stereocenters. The number of aliphatic carboxylic acids is 2. The van der Waals surface area contributed by atoms with E-state index in [0.29, 0.717) is 5.08 Å². The van der Waals surface area contributed by atoms with Gasteiger partial charge in [-0.15, -0.1) is 23.5 Å². The van der Waals surface area contributed by atoms with Gasteiger partial charge in [-0.1, -0.05) is 12.1 Å². The van der Waals surface area contributed by atoms with Crippen LogP contribution in [0.3, 0.4) is 0 Å². The van der Waals surface area contributed by atoms with Crippen molar-refractivity contribution in [1.29, 1.82) is 0 Å². The molecule has 20 nitrogen and oxygen atoms in total. The zero-order valence-corrected chi connectivity index (χ0v) is 32.2. The minimum absolute atomic E-state index is 0.00935. The molecule has 0 bridgehead atoms. The monoisotopic (exact) mass is 860 g/mol. The molecule has 0 aliphatic heterocycles. The fraction of sp³-hybridized carbons (Fsp3) is 0.0909. The highest BCUT2D eigenvalue weighted by molar-refractivity contribution is 8.16. The van der Waals surface area contributed by atoms with Crippen LogP contribution in [0, 0.1) is 0 Å². The van der Waals surface area contributed by atoms with E-state index in [0.717, 1.165) is 0 Å². The van der Waals surface area contributed by atoms with Crippen LogP contribution in [0.1, 0.15) is 0 Å². The number of hydrogen-bond acceptors (Lipinski definition) is 14. The summed E-state index contributed by atoms with van der Waals surface area (Å²) >= 11 is 2.42. The first-order valence-corrected chi connectivity index (χ1v) is 21.1. The molecule has 4 aromatic rings. The van der Waals surface area contributed by atoms with Crippen LogP contribution in [0.4, 0.5) is 34.1 Å². The Morgan fingerprint density at radius 1 is 0.491 bits per heavy atom. The molecule has 24 heteroatoms. The summed E-state index contributed by atoms with van der Waals surface area (Å²) in [4.78, 5) is 68.2. The summed E-state index contributed by atoms with van der Waals surface area (Å²) in [6.45, 7) is 0. The van der Waals surface area contributed by atoms with E-state index in [1.165, 1.54) is 121 Å². The minimum atomic E-state index is -4.08. The van der Waals surface area contributed by atoms with E-state index >= 15 is 0 Å². The van der Waals surface area contributed by atoms with Gasteiger partial charge in [0.2, 0.25) is 11.8 Å². The van der Waals surface area contributed by atoms with E-state index in [1.54, 1.807) is 0 Å². The summed E-state index contributed by atoms with van der Waals surface area (Å²) in [6.07, 6.45) is 0. The van der Waals surface area contributed by atoms with Crippen molar-refractivity contribution in [1.82, 2.24) is 10.9 Å². The van der Waals surface area contributed by atoms with Gasteiger partial charge in [-0.05, 0) is 84.9 Å². The second kappa shape index (κ2) is 19.9. The number of hydrogen-bond donors (Lipinski definition) is 10. The van der Waals surface area contributed by atoms with E-state index in [1.807, 2.05) is 10.9 Å². The molecule has 4 aromatic carbocycles. The van der Waals surface area contributed by atoms with Gasteiger partial charge in [0, 0.05) is 27.8 Å². The molecule has 0 atom stereocenters. The Kier molecular flexibility index (Phi) is 15.1. The predicted molar refractivity (Wildman–Crippen MR) is 213 cm³/mol. The van der Waals surface area contributed by atoms with Crippen LogP contribution in [0.5, 0.6) is 0 Å². The van der Waals surface area contributed by atoms with E-state index in [2.05, 4.69) is 30.9 Å². The van der Waals surface area contributed by atoms with Crippen LogP contribution in [0.2, 0.25) is 0 Å².